The van der Waals surface area contributed by atoms with Crippen molar-refractivity contribution < 1.29 is 10.2 Å². The van der Waals surface area contributed by atoms with Crippen molar-refractivity contribution in [3.8, 4) is 0 Å². The maximum atomic E-state index is 8.07. The normalized spacial score (nSPS) is 15.7. The maximum Gasteiger partial charge on any atom is 0.149 e. The molecule has 1 unspecified atom stereocenters. The Balaban J connectivity index is 3.03. The van der Waals surface area contributed by atoms with E-state index in [1.807, 2.05) is 0 Å². The van der Waals surface area contributed by atoms with Crippen LogP contribution in [0.2, 0.25) is 0 Å². The van der Waals surface area contributed by atoms with E-state index in [9.17, 15) is 0 Å². The lowest BCUT2D eigenvalue weighted by Gasteiger charge is -1.83. The third-order valence-electron chi connectivity index (χ3n) is 0.245. The van der Waals surface area contributed by atoms with Crippen LogP contribution in [0.1, 0.15) is 0 Å². The molecule has 6 heavy (non-hydrogen) atoms. The fourth-order valence-corrected chi connectivity index (χ4v) is 0.136. The summed E-state index contributed by atoms with van der Waals surface area (Å²) in [5, 5.41) is 15.9. The Bertz CT molecular complexity index is 50.8. The largest absolute Gasteiger partial charge is 0.516 e. The molecule has 0 fully saturated rings. The first-order chi connectivity index (χ1) is 2.77. The van der Waals surface area contributed by atoms with Crippen molar-refractivity contribution in [3.05, 3.63) is 12.3 Å². The van der Waals surface area contributed by atoms with Gasteiger partial charge in [0.15, 0.2) is 0 Å². The second-order valence-corrected chi connectivity index (χ2v) is 1.16. The summed E-state index contributed by atoms with van der Waals surface area (Å²) in [5.74, 6) is 0. The molecule has 0 aliphatic carbocycles. The summed E-state index contributed by atoms with van der Waals surface area (Å²) in [6, 6.07) is 0. The van der Waals surface area contributed by atoms with Gasteiger partial charge in [-0.15, -0.1) is 0 Å². The van der Waals surface area contributed by atoms with Gasteiger partial charge in [0, 0.05) is 0 Å². The molecule has 0 aromatic heterocycles. The molecule has 0 saturated heterocycles. The van der Waals surface area contributed by atoms with E-state index in [2.05, 4.69) is 0 Å². The van der Waals surface area contributed by atoms with E-state index in [1.165, 1.54) is 0 Å². The molecule has 1 atom stereocenters. The molecule has 0 bridgehead atoms. The minimum Gasteiger partial charge on any atom is -0.516 e. The zero-order valence-electron chi connectivity index (χ0n) is 3.00. The number of alkyl halides is 1. The minimum absolute atomic E-state index is 0.692. The Morgan fingerprint density at radius 2 is 2.17 bits per heavy atom. The van der Waals surface area contributed by atoms with Gasteiger partial charge in [-0.05, 0) is 6.08 Å². The SMILES string of the molecule is OC=CC(O)Cl. The molecule has 0 aromatic carbocycles. The molecule has 2 N–H and O–H groups in total. The third kappa shape index (κ3) is 3.79. The third-order valence-corrected chi connectivity index (χ3v) is 0.390. The quantitative estimate of drug-likeness (QED) is 0.382. The summed E-state index contributed by atoms with van der Waals surface area (Å²) >= 11 is 4.89. The highest BCUT2D eigenvalue weighted by Crippen LogP contribution is 1.87. The van der Waals surface area contributed by atoms with Crippen LogP contribution in [-0.4, -0.2) is 15.8 Å². The minimum atomic E-state index is -1.06. The maximum absolute atomic E-state index is 8.07. The van der Waals surface area contributed by atoms with Crippen LogP contribution < -0.4 is 0 Å². The summed E-state index contributed by atoms with van der Waals surface area (Å²) in [7, 11) is 0. The Morgan fingerprint density at radius 1 is 1.67 bits per heavy atom. The molecule has 0 amide bonds. The average molecular weight is 109 g/mol. The highest BCUT2D eigenvalue weighted by Gasteiger charge is 1.82. The van der Waals surface area contributed by atoms with Crippen LogP contribution >= 0.6 is 11.6 Å². The van der Waals surface area contributed by atoms with Crippen LogP contribution in [0.4, 0.5) is 0 Å². The van der Waals surface area contributed by atoms with Crippen LogP contribution in [0.25, 0.3) is 0 Å². The smallest absolute Gasteiger partial charge is 0.149 e. The van der Waals surface area contributed by atoms with Gasteiger partial charge in [0.05, 0.1) is 6.26 Å². The fourth-order valence-electron chi connectivity index (χ4n) is 0.0710. The average Bonchev–Trinajstić information content (AvgIpc) is 1.35. The van der Waals surface area contributed by atoms with Gasteiger partial charge in [-0.2, -0.15) is 0 Å². The Hall–Kier alpha value is -0.210. The molecule has 0 heterocycles. The van der Waals surface area contributed by atoms with Crippen molar-refractivity contribution in [3.63, 3.8) is 0 Å². The molecule has 0 rings (SSSR count). The summed E-state index contributed by atoms with van der Waals surface area (Å²) < 4.78 is 0. The number of hydrogen-bond acceptors (Lipinski definition) is 2. The zero-order valence-corrected chi connectivity index (χ0v) is 3.76. The number of aliphatic hydroxyl groups excluding tert-OH is 2. The Morgan fingerprint density at radius 3 is 2.17 bits per heavy atom. The van der Waals surface area contributed by atoms with Crippen LogP contribution in [-0.2, 0) is 0 Å². The van der Waals surface area contributed by atoms with Crippen molar-refractivity contribution in [2.45, 2.75) is 5.56 Å². The van der Waals surface area contributed by atoms with E-state index >= 15 is 0 Å². The molecule has 0 spiro atoms. The molecule has 36 valence electrons. The first-order valence-corrected chi connectivity index (χ1v) is 1.84. The molecule has 0 aromatic rings. The van der Waals surface area contributed by atoms with E-state index in [0.717, 1.165) is 6.08 Å². The predicted molar refractivity (Wildman–Crippen MR) is 23.6 cm³/mol. The van der Waals surface area contributed by atoms with E-state index in [1.54, 1.807) is 0 Å². The Labute approximate surface area is 40.7 Å². The van der Waals surface area contributed by atoms with Gasteiger partial charge in [-0.25, -0.2) is 0 Å². The van der Waals surface area contributed by atoms with Crippen LogP contribution in [0.3, 0.4) is 0 Å². The second kappa shape index (κ2) is 3.00. The molecule has 3 heteroatoms. The monoisotopic (exact) mass is 108 g/mol. The van der Waals surface area contributed by atoms with Gasteiger partial charge >= 0.3 is 0 Å². The summed E-state index contributed by atoms with van der Waals surface area (Å²) in [6.07, 6.45) is 1.74. The lowest BCUT2D eigenvalue weighted by atomic mass is 10.7. The second-order valence-electron chi connectivity index (χ2n) is 0.714. The van der Waals surface area contributed by atoms with Crippen molar-refractivity contribution in [1.82, 2.24) is 0 Å². The van der Waals surface area contributed by atoms with Crippen molar-refractivity contribution in [2.75, 3.05) is 0 Å². The van der Waals surface area contributed by atoms with Crippen LogP contribution in [0, 0.1) is 0 Å². The van der Waals surface area contributed by atoms with Crippen molar-refractivity contribution in [1.29, 1.82) is 0 Å². The fraction of sp³-hybridized carbons (Fsp3) is 0.333. The molecule has 2 nitrogen and oxygen atoms in total. The molecule has 0 saturated carbocycles. The first kappa shape index (κ1) is 5.79. The number of rotatable bonds is 1. The van der Waals surface area contributed by atoms with Gasteiger partial charge in [0.1, 0.15) is 5.56 Å². The summed E-state index contributed by atoms with van der Waals surface area (Å²) in [4.78, 5) is 0. The van der Waals surface area contributed by atoms with Crippen LogP contribution in [0.5, 0.6) is 0 Å². The zero-order chi connectivity index (χ0) is 4.99. The summed E-state index contributed by atoms with van der Waals surface area (Å²) in [5.41, 5.74) is -1.06. The first-order valence-electron chi connectivity index (χ1n) is 1.40. The highest BCUT2D eigenvalue weighted by atomic mass is 35.5. The lowest BCUT2D eigenvalue weighted by molar-refractivity contribution is 0.298. The topological polar surface area (TPSA) is 40.5 Å². The van der Waals surface area contributed by atoms with E-state index in [-0.39, 0.29) is 0 Å². The van der Waals surface area contributed by atoms with Crippen LogP contribution in [0.15, 0.2) is 12.3 Å². The van der Waals surface area contributed by atoms with E-state index < -0.39 is 5.56 Å². The van der Waals surface area contributed by atoms with Gasteiger partial charge in [-0.3, -0.25) is 0 Å². The number of aliphatic hydroxyl groups is 2. The van der Waals surface area contributed by atoms with Gasteiger partial charge in [0.25, 0.3) is 0 Å². The van der Waals surface area contributed by atoms with Gasteiger partial charge in [-0.1, -0.05) is 11.6 Å². The summed E-state index contributed by atoms with van der Waals surface area (Å²) in [6.45, 7) is 0. The molecular formula is C3H5ClO2. The van der Waals surface area contributed by atoms with Gasteiger partial charge < -0.3 is 10.2 Å². The van der Waals surface area contributed by atoms with Crippen molar-refractivity contribution >= 4 is 11.6 Å². The number of hydrogen-bond donors (Lipinski definition) is 2. The molecule has 0 aliphatic heterocycles. The standard InChI is InChI=1S/C3H5ClO2/c4-3(6)1-2-5/h1-3,5-6H. The Kier molecular flexibility index (Phi) is 2.89. The lowest BCUT2D eigenvalue weighted by Crippen LogP contribution is -1.85. The van der Waals surface area contributed by atoms with E-state index in [0.29, 0.717) is 6.26 Å². The molecule has 0 aliphatic rings. The molecular weight excluding hydrogens is 103 g/mol. The number of halogens is 1. The highest BCUT2D eigenvalue weighted by molar-refractivity contribution is 6.20. The van der Waals surface area contributed by atoms with E-state index in [4.69, 9.17) is 21.8 Å². The predicted octanol–water partition coefficient (Wildman–Crippen LogP) is 0.615. The van der Waals surface area contributed by atoms with Gasteiger partial charge in [0.2, 0.25) is 0 Å². The molecule has 0 radical (unpaired) electrons. The van der Waals surface area contributed by atoms with Crippen molar-refractivity contribution in [2.24, 2.45) is 0 Å².